The van der Waals surface area contributed by atoms with Crippen LogP contribution in [0.3, 0.4) is 0 Å². The normalized spacial score (nSPS) is 25.1. The maximum absolute atomic E-state index is 5.71. The molecule has 76 valence electrons. The maximum Gasteiger partial charge on any atom is 0.128 e. The second-order valence-electron chi connectivity index (χ2n) is 3.93. The van der Waals surface area contributed by atoms with Gasteiger partial charge in [0.1, 0.15) is 11.9 Å². The van der Waals surface area contributed by atoms with Crippen molar-refractivity contribution >= 4 is 0 Å². The molecule has 2 nitrogen and oxygen atoms in total. The monoisotopic (exact) mass is 192 g/mol. The van der Waals surface area contributed by atoms with Crippen LogP contribution in [0.4, 0.5) is 0 Å². The van der Waals surface area contributed by atoms with E-state index >= 15 is 0 Å². The Kier molecular flexibility index (Phi) is 2.73. The van der Waals surface area contributed by atoms with E-state index < -0.39 is 0 Å². The second-order valence-corrected chi connectivity index (χ2v) is 3.93. The molecule has 0 saturated heterocycles. The molecule has 1 fully saturated rings. The lowest BCUT2D eigenvalue weighted by molar-refractivity contribution is 0.0430. The molecule has 2 rings (SSSR count). The van der Waals surface area contributed by atoms with Gasteiger partial charge in [0.15, 0.2) is 0 Å². The van der Waals surface area contributed by atoms with Gasteiger partial charge in [0.25, 0.3) is 0 Å². The summed E-state index contributed by atoms with van der Waals surface area (Å²) in [6, 6.07) is 9.91. The summed E-state index contributed by atoms with van der Waals surface area (Å²) in [6.07, 6.45) is 1.88. The standard InChI is InChI=1S/C12H16O2/c1-9(2)13-11-8-12(11)14-10-6-4-3-5-7-10/h3-7,9,11-12H,8H2,1-2H3/t11-,12-/m0/s1. The molecule has 0 aliphatic heterocycles. The van der Waals surface area contributed by atoms with Crippen LogP contribution in [0.2, 0.25) is 0 Å². The van der Waals surface area contributed by atoms with E-state index in [2.05, 4.69) is 13.8 Å². The van der Waals surface area contributed by atoms with Crippen LogP contribution in [0.1, 0.15) is 20.3 Å². The van der Waals surface area contributed by atoms with Crippen molar-refractivity contribution < 1.29 is 9.47 Å². The summed E-state index contributed by atoms with van der Waals surface area (Å²) >= 11 is 0. The van der Waals surface area contributed by atoms with E-state index in [0.29, 0.717) is 12.2 Å². The molecule has 0 unspecified atom stereocenters. The highest BCUT2D eigenvalue weighted by Gasteiger charge is 2.41. The molecule has 2 atom stereocenters. The van der Waals surface area contributed by atoms with Gasteiger partial charge in [0.05, 0.1) is 12.2 Å². The third kappa shape index (κ3) is 2.48. The van der Waals surface area contributed by atoms with Gasteiger partial charge in [-0.05, 0) is 26.0 Å². The maximum atomic E-state index is 5.71. The van der Waals surface area contributed by atoms with Crippen molar-refractivity contribution in [3.8, 4) is 5.75 Å². The molecular weight excluding hydrogens is 176 g/mol. The highest BCUT2D eigenvalue weighted by molar-refractivity contribution is 5.22. The van der Waals surface area contributed by atoms with E-state index in [1.165, 1.54) is 0 Å². The molecule has 0 aromatic heterocycles. The van der Waals surface area contributed by atoms with Crippen molar-refractivity contribution in [3.63, 3.8) is 0 Å². The zero-order valence-electron chi connectivity index (χ0n) is 8.64. The molecule has 0 spiro atoms. The summed E-state index contributed by atoms with van der Waals surface area (Å²) in [5.74, 6) is 0.937. The van der Waals surface area contributed by atoms with Crippen LogP contribution < -0.4 is 4.74 Å². The third-order valence-corrected chi connectivity index (χ3v) is 2.15. The average molecular weight is 192 g/mol. The van der Waals surface area contributed by atoms with Gasteiger partial charge in [-0.3, -0.25) is 0 Å². The molecule has 0 bridgehead atoms. The van der Waals surface area contributed by atoms with Crippen LogP contribution >= 0.6 is 0 Å². The second kappa shape index (κ2) is 4.01. The first-order chi connectivity index (χ1) is 6.75. The van der Waals surface area contributed by atoms with Gasteiger partial charge in [-0.15, -0.1) is 0 Å². The molecule has 2 heteroatoms. The molecule has 0 amide bonds. The van der Waals surface area contributed by atoms with Gasteiger partial charge in [-0.25, -0.2) is 0 Å². The summed E-state index contributed by atoms with van der Waals surface area (Å²) < 4.78 is 11.3. The lowest BCUT2D eigenvalue weighted by atomic mass is 10.3. The van der Waals surface area contributed by atoms with Crippen molar-refractivity contribution in [2.24, 2.45) is 0 Å². The van der Waals surface area contributed by atoms with Crippen molar-refractivity contribution in [1.82, 2.24) is 0 Å². The van der Waals surface area contributed by atoms with Crippen LogP contribution in [-0.2, 0) is 4.74 Å². The number of ether oxygens (including phenoxy) is 2. The molecular formula is C12H16O2. The van der Waals surface area contributed by atoms with Crippen molar-refractivity contribution in [2.75, 3.05) is 0 Å². The minimum absolute atomic E-state index is 0.264. The Bertz CT molecular complexity index is 282. The van der Waals surface area contributed by atoms with E-state index in [1.807, 2.05) is 30.3 Å². The van der Waals surface area contributed by atoms with E-state index in [4.69, 9.17) is 9.47 Å². The van der Waals surface area contributed by atoms with Crippen LogP contribution in [0, 0.1) is 0 Å². The highest BCUT2D eigenvalue weighted by atomic mass is 16.6. The number of hydrogen-bond donors (Lipinski definition) is 0. The fourth-order valence-corrected chi connectivity index (χ4v) is 1.44. The number of benzene rings is 1. The average Bonchev–Trinajstić information content (AvgIpc) is 2.84. The first-order valence-electron chi connectivity index (χ1n) is 5.13. The van der Waals surface area contributed by atoms with Gasteiger partial charge >= 0.3 is 0 Å². The molecule has 0 N–H and O–H groups in total. The highest BCUT2D eigenvalue weighted by Crippen LogP contribution is 2.31. The quantitative estimate of drug-likeness (QED) is 0.730. The Morgan fingerprint density at radius 1 is 1.14 bits per heavy atom. The van der Waals surface area contributed by atoms with E-state index in [1.54, 1.807) is 0 Å². The minimum atomic E-state index is 0.264. The minimum Gasteiger partial charge on any atom is -0.488 e. The summed E-state index contributed by atoms with van der Waals surface area (Å²) in [7, 11) is 0. The number of rotatable bonds is 4. The topological polar surface area (TPSA) is 18.5 Å². The Balaban J connectivity index is 1.79. The first kappa shape index (κ1) is 9.53. The van der Waals surface area contributed by atoms with Gasteiger partial charge < -0.3 is 9.47 Å². The number of hydrogen-bond acceptors (Lipinski definition) is 2. The van der Waals surface area contributed by atoms with E-state index in [0.717, 1.165) is 12.2 Å². The molecule has 0 heterocycles. The fraction of sp³-hybridized carbons (Fsp3) is 0.500. The largest absolute Gasteiger partial charge is 0.488 e. The first-order valence-corrected chi connectivity index (χ1v) is 5.13. The summed E-state index contributed by atoms with van der Waals surface area (Å²) in [5, 5.41) is 0. The van der Waals surface area contributed by atoms with Crippen molar-refractivity contribution in [1.29, 1.82) is 0 Å². The van der Waals surface area contributed by atoms with Crippen molar-refractivity contribution in [2.45, 2.75) is 38.6 Å². The smallest absolute Gasteiger partial charge is 0.128 e. The van der Waals surface area contributed by atoms with E-state index in [-0.39, 0.29) is 6.10 Å². The van der Waals surface area contributed by atoms with Crippen molar-refractivity contribution in [3.05, 3.63) is 30.3 Å². The third-order valence-electron chi connectivity index (χ3n) is 2.15. The SMILES string of the molecule is CC(C)O[C@H]1C[C@@H]1Oc1ccccc1. The molecule has 1 aliphatic rings. The molecule has 1 aliphatic carbocycles. The molecule has 14 heavy (non-hydrogen) atoms. The van der Waals surface area contributed by atoms with E-state index in [9.17, 15) is 0 Å². The Hall–Kier alpha value is -1.02. The zero-order chi connectivity index (χ0) is 9.97. The van der Waals surface area contributed by atoms with Gasteiger partial charge in [0.2, 0.25) is 0 Å². The Morgan fingerprint density at radius 2 is 1.86 bits per heavy atom. The van der Waals surface area contributed by atoms with Gasteiger partial charge in [0, 0.05) is 6.42 Å². The van der Waals surface area contributed by atoms with Crippen LogP contribution in [0.25, 0.3) is 0 Å². The zero-order valence-corrected chi connectivity index (χ0v) is 8.64. The summed E-state index contributed by atoms with van der Waals surface area (Å²) in [5.41, 5.74) is 0. The lowest BCUT2D eigenvalue weighted by Gasteiger charge is -2.08. The Labute approximate surface area is 84.8 Å². The molecule has 1 aromatic rings. The lowest BCUT2D eigenvalue weighted by Crippen LogP contribution is -2.11. The summed E-state index contributed by atoms with van der Waals surface area (Å²) in [6.45, 7) is 4.11. The summed E-state index contributed by atoms with van der Waals surface area (Å²) in [4.78, 5) is 0. The molecule has 1 saturated carbocycles. The van der Waals surface area contributed by atoms with Crippen LogP contribution in [0.5, 0.6) is 5.75 Å². The Morgan fingerprint density at radius 3 is 2.50 bits per heavy atom. The number of para-hydroxylation sites is 1. The van der Waals surface area contributed by atoms with Crippen LogP contribution in [0.15, 0.2) is 30.3 Å². The molecule has 0 radical (unpaired) electrons. The predicted molar refractivity (Wildman–Crippen MR) is 55.5 cm³/mol. The molecule has 1 aromatic carbocycles. The van der Waals surface area contributed by atoms with Gasteiger partial charge in [-0.2, -0.15) is 0 Å². The predicted octanol–water partition coefficient (Wildman–Crippen LogP) is 2.63. The van der Waals surface area contributed by atoms with Crippen LogP contribution in [-0.4, -0.2) is 18.3 Å². The fourth-order valence-electron chi connectivity index (χ4n) is 1.44. The van der Waals surface area contributed by atoms with Gasteiger partial charge in [-0.1, -0.05) is 18.2 Å².